The molecule has 0 saturated carbocycles. The third-order valence-electron chi connectivity index (χ3n) is 3.89. The number of nitrogens with one attached hydrogen (secondary N) is 1. The van der Waals surface area contributed by atoms with Gasteiger partial charge in [-0.3, -0.25) is 9.59 Å². The normalized spacial score (nSPS) is 11.3. The minimum atomic E-state index is -1.11. The highest BCUT2D eigenvalue weighted by atomic mass is 35.5. The van der Waals surface area contributed by atoms with Crippen LogP contribution in [0.1, 0.15) is 34.6 Å². The molecule has 0 aliphatic carbocycles. The lowest BCUT2D eigenvalue weighted by Gasteiger charge is -2.16. The number of anilines is 1. The number of ketones is 1. The van der Waals surface area contributed by atoms with Gasteiger partial charge in [0.25, 0.3) is 5.91 Å². The summed E-state index contributed by atoms with van der Waals surface area (Å²) in [5, 5.41) is 2.76. The number of benzene rings is 2. The van der Waals surface area contributed by atoms with Crippen LogP contribution in [0.15, 0.2) is 36.4 Å². The molecular weight excluding hydrogens is 386 g/mol. The lowest BCUT2D eigenvalue weighted by atomic mass is 10.1. The van der Waals surface area contributed by atoms with Gasteiger partial charge in [-0.15, -0.1) is 0 Å². The summed E-state index contributed by atoms with van der Waals surface area (Å²) in [6, 6.07) is 9.34. The Bertz CT molecular complexity index is 912. The van der Waals surface area contributed by atoms with E-state index in [0.29, 0.717) is 11.3 Å². The van der Waals surface area contributed by atoms with Crippen LogP contribution >= 0.6 is 11.6 Å². The number of hydrogen-bond donors (Lipinski definition) is 1. The highest BCUT2D eigenvalue weighted by Crippen LogP contribution is 2.36. The van der Waals surface area contributed by atoms with Gasteiger partial charge in [-0.25, -0.2) is 4.79 Å². The number of carbonyl (C=O) groups excluding carboxylic acids is 3. The zero-order valence-electron chi connectivity index (χ0n) is 15.9. The van der Waals surface area contributed by atoms with E-state index in [1.165, 1.54) is 40.2 Å². The molecule has 1 N–H and O–H groups in total. The molecule has 2 rings (SSSR count). The first-order valence-corrected chi connectivity index (χ1v) is 8.69. The molecule has 1 amide bonds. The molecule has 1 atom stereocenters. The summed E-state index contributed by atoms with van der Waals surface area (Å²) in [5.41, 5.74) is 0.810. The maximum atomic E-state index is 12.4. The van der Waals surface area contributed by atoms with Crippen LogP contribution in [-0.4, -0.2) is 38.0 Å². The molecule has 0 unspecified atom stereocenters. The molecule has 148 valence electrons. The zero-order chi connectivity index (χ0) is 20.8. The number of rotatable bonds is 7. The number of para-hydroxylation sites is 1. The van der Waals surface area contributed by atoms with Crippen molar-refractivity contribution < 1.29 is 28.6 Å². The smallest absolute Gasteiger partial charge is 0.339 e. The summed E-state index contributed by atoms with van der Waals surface area (Å²) in [6.07, 6.45) is -1.11. The second-order valence-electron chi connectivity index (χ2n) is 5.83. The van der Waals surface area contributed by atoms with Crippen molar-refractivity contribution in [1.29, 1.82) is 0 Å². The monoisotopic (exact) mass is 405 g/mol. The summed E-state index contributed by atoms with van der Waals surface area (Å²) in [4.78, 5) is 36.4. The van der Waals surface area contributed by atoms with Crippen LogP contribution in [0.5, 0.6) is 11.5 Å². The number of amides is 1. The number of carbonyl (C=O) groups is 3. The van der Waals surface area contributed by atoms with Gasteiger partial charge in [-0.05, 0) is 38.1 Å². The number of ether oxygens (including phenoxy) is 3. The van der Waals surface area contributed by atoms with Crippen LogP contribution in [-0.2, 0) is 9.53 Å². The summed E-state index contributed by atoms with van der Waals surface area (Å²) in [7, 11) is 2.83. The predicted octanol–water partition coefficient (Wildman–Crippen LogP) is 3.74. The van der Waals surface area contributed by atoms with E-state index in [-0.39, 0.29) is 27.9 Å². The standard InChI is InChI=1S/C20H20ClNO6/c1-11(23)14-7-5-6-8-16(14)22-19(24)12(2)28-20(25)13-9-15(21)18(27-4)17(10-13)26-3/h5-10,12H,1-4H3,(H,22,24)/t12-/m1/s1. The fraction of sp³-hybridized carbons (Fsp3) is 0.250. The van der Waals surface area contributed by atoms with Crippen molar-refractivity contribution in [2.75, 3.05) is 19.5 Å². The van der Waals surface area contributed by atoms with Gasteiger partial charge >= 0.3 is 5.97 Å². The van der Waals surface area contributed by atoms with Gasteiger partial charge in [-0.1, -0.05) is 23.7 Å². The Morgan fingerprint density at radius 1 is 1.07 bits per heavy atom. The minimum absolute atomic E-state index is 0.103. The van der Waals surface area contributed by atoms with Crippen LogP contribution in [0.3, 0.4) is 0 Å². The lowest BCUT2D eigenvalue weighted by Crippen LogP contribution is -2.30. The number of methoxy groups -OCH3 is 2. The average molecular weight is 406 g/mol. The summed E-state index contributed by atoms with van der Waals surface area (Å²) in [5.74, 6) is -0.985. The fourth-order valence-corrected chi connectivity index (χ4v) is 2.74. The van der Waals surface area contributed by atoms with Crippen LogP contribution in [0, 0.1) is 0 Å². The SMILES string of the molecule is COc1cc(C(=O)O[C@H](C)C(=O)Nc2ccccc2C(C)=O)cc(Cl)c1OC. The molecule has 0 aromatic heterocycles. The minimum Gasteiger partial charge on any atom is -0.493 e. The molecule has 0 saturated heterocycles. The summed E-state index contributed by atoms with van der Waals surface area (Å²) in [6.45, 7) is 2.82. The van der Waals surface area contributed by atoms with Gasteiger partial charge in [0.2, 0.25) is 0 Å². The number of Topliss-reactive ketones (excluding diaryl/α,β-unsaturated/α-hetero) is 1. The topological polar surface area (TPSA) is 90.9 Å². The Labute approximate surface area is 167 Å². The summed E-state index contributed by atoms with van der Waals surface area (Å²) >= 11 is 6.09. The van der Waals surface area contributed by atoms with Crippen LogP contribution in [0.4, 0.5) is 5.69 Å². The van der Waals surface area contributed by atoms with Gasteiger partial charge in [0.15, 0.2) is 23.4 Å². The summed E-state index contributed by atoms with van der Waals surface area (Å²) < 4.78 is 15.5. The van der Waals surface area contributed by atoms with Crippen LogP contribution in [0.25, 0.3) is 0 Å². The number of hydrogen-bond acceptors (Lipinski definition) is 6. The first-order valence-electron chi connectivity index (χ1n) is 8.31. The van der Waals surface area contributed by atoms with E-state index in [1.54, 1.807) is 24.3 Å². The van der Waals surface area contributed by atoms with Crippen molar-refractivity contribution in [3.8, 4) is 11.5 Å². The first kappa shape index (κ1) is 21.2. The highest BCUT2D eigenvalue weighted by molar-refractivity contribution is 6.32. The van der Waals surface area contributed by atoms with E-state index in [0.717, 1.165) is 0 Å². The van der Waals surface area contributed by atoms with Gasteiger partial charge in [0, 0.05) is 5.56 Å². The van der Waals surface area contributed by atoms with Gasteiger partial charge in [0.1, 0.15) is 0 Å². The molecule has 2 aromatic carbocycles. The predicted molar refractivity (Wildman–Crippen MR) is 105 cm³/mol. The molecule has 0 aliphatic rings. The first-order chi connectivity index (χ1) is 13.3. The Hall–Kier alpha value is -3.06. The molecule has 7 nitrogen and oxygen atoms in total. The van der Waals surface area contributed by atoms with E-state index in [9.17, 15) is 14.4 Å². The second kappa shape index (κ2) is 9.23. The molecule has 8 heteroatoms. The van der Waals surface area contributed by atoms with Crippen molar-refractivity contribution in [2.45, 2.75) is 20.0 Å². The molecule has 0 radical (unpaired) electrons. The van der Waals surface area contributed by atoms with Gasteiger partial charge in [-0.2, -0.15) is 0 Å². The molecule has 0 heterocycles. The van der Waals surface area contributed by atoms with E-state index >= 15 is 0 Å². The maximum absolute atomic E-state index is 12.4. The zero-order valence-corrected chi connectivity index (χ0v) is 16.6. The highest BCUT2D eigenvalue weighted by Gasteiger charge is 2.22. The molecule has 0 fully saturated rings. The van der Waals surface area contributed by atoms with Gasteiger partial charge < -0.3 is 19.5 Å². The Balaban J connectivity index is 2.13. The Kier molecular flexibility index (Phi) is 7.00. The largest absolute Gasteiger partial charge is 0.493 e. The molecular formula is C20H20ClNO6. The van der Waals surface area contributed by atoms with Gasteiger partial charge in [0.05, 0.1) is 30.5 Å². The van der Waals surface area contributed by atoms with E-state index < -0.39 is 18.0 Å². The quantitative estimate of drug-likeness (QED) is 0.557. The van der Waals surface area contributed by atoms with E-state index in [2.05, 4.69) is 5.32 Å². The van der Waals surface area contributed by atoms with Crippen molar-refractivity contribution in [1.82, 2.24) is 0 Å². The van der Waals surface area contributed by atoms with Crippen molar-refractivity contribution in [2.24, 2.45) is 0 Å². The van der Waals surface area contributed by atoms with Crippen molar-refractivity contribution >= 4 is 34.9 Å². The third kappa shape index (κ3) is 4.80. The molecule has 0 spiro atoms. The number of halogens is 1. The van der Waals surface area contributed by atoms with Crippen molar-refractivity contribution in [3.05, 3.63) is 52.5 Å². The average Bonchev–Trinajstić information content (AvgIpc) is 2.67. The Morgan fingerprint density at radius 3 is 2.36 bits per heavy atom. The molecule has 28 heavy (non-hydrogen) atoms. The van der Waals surface area contributed by atoms with Crippen LogP contribution < -0.4 is 14.8 Å². The van der Waals surface area contributed by atoms with Crippen LogP contribution in [0.2, 0.25) is 5.02 Å². The Morgan fingerprint density at radius 2 is 1.75 bits per heavy atom. The number of esters is 1. The molecule has 2 aromatic rings. The maximum Gasteiger partial charge on any atom is 0.339 e. The fourth-order valence-electron chi connectivity index (χ4n) is 2.45. The third-order valence-corrected chi connectivity index (χ3v) is 4.17. The van der Waals surface area contributed by atoms with E-state index in [4.69, 9.17) is 25.8 Å². The molecule has 0 bridgehead atoms. The van der Waals surface area contributed by atoms with E-state index in [1.807, 2.05) is 0 Å². The second-order valence-corrected chi connectivity index (χ2v) is 6.24. The van der Waals surface area contributed by atoms with Crippen molar-refractivity contribution in [3.63, 3.8) is 0 Å². The lowest BCUT2D eigenvalue weighted by molar-refractivity contribution is -0.123. The molecule has 0 aliphatic heterocycles.